The summed E-state index contributed by atoms with van der Waals surface area (Å²) in [5.74, 6) is -0.553. The van der Waals surface area contributed by atoms with Gasteiger partial charge in [-0.15, -0.1) is 0 Å². The highest BCUT2D eigenvalue weighted by Gasteiger charge is 2.36. The molecule has 7 nitrogen and oxygen atoms in total. The number of hydrogen-bond acceptors (Lipinski definition) is 5. The fourth-order valence-electron chi connectivity index (χ4n) is 4.86. The Morgan fingerprint density at radius 3 is 2.43 bits per heavy atom. The van der Waals surface area contributed by atoms with Gasteiger partial charge in [-0.1, -0.05) is 24.3 Å². The van der Waals surface area contributed by atoms with Crippen molar-refractivity contribution in [2.75, 3.05) is 17.8 Å². The van der Waals surface area contributed by atoms with Crippen LogP contribution in [-0.2, 0) is 15.6 Å². The lowest BCUT2D eigenvalue weighted by atomic mass is 9.82. The van der Waals surface area contributed by atoms with Crippen LogP contribution in [0.2, 0.25) is 0 Å². The molecule has 1 aliphatic heterocycles. The third-order valence-electron chi connectivity index (χ3n) is 6.84. The number of amides is 1. The molecule has 0 radical (unpaired) electrons. The van der Waals surface area contributed by atoms with Crippen LogP contribution in [0.15, 0.2) is 83.9 Å². The topological polar surface area (TPSA) is 99.6 Å². The van der Waals surface area contributed by atoms with E-state index in [1.165, 1.54) is 18.2 Å². The molecule has 0 unspecified atom stereocenters. The van der Waals surface area contributed by atoms with Crippen molar-refractivity contribution >= 4 is 32.5 Å². The third kappa shape index (κ3) is 4.92. The zero-order chi connectivity index (χ0) is 26.2. The Balaban J connectivity index is 1.27. The molecule has 5 rings (SSSR count). The predicted octanol–water partition coefficient (Wildman–Crippen LogP) is 4.61. The van der Waals surface area contributed by atoms with Gasteiger partial charge in [0, 0.05) is 35.9 Å². The molecule has 1 amide bonds. The largest absolute Gasteiger partial charge is 0.385 e. The van der Waals surface area contributed by atoms with Crippen LogP contribution >= 0.6 is 0 Å². The minimum absolute atomic E-state index is 0.0722. The number of nitrogens with zero attached hydrogens (tertiary/aromatic N) is 2. The quantitative estimate of drug-likeness (QED) is 0.401. The number of aryl methyl sites for hydroxylation is 1. The second-order valence-electron chi connectivity index (χ2n) is 9.30. The molecule has 0 aliphatic carbocycles. The summed E-state index contributed by atoms with van der Waals surface area (Å²) in [6, 6.07) is 19.1. The Hall–Kier alpha value is -3.82. The van der Waals surface area contributed by atoms with E-state index < -0.39 is 15.6 Å². The Kier molecular flexibility index (Phi) is 6.43. The lowest BCUT2D eigenvalue weighted by molar-refractivity contribution is -0.0216. The number of piperidine rings is 1. The van der Waals surface area contributed by atoms with Gasteiger partial charge in [0.15, 0.2) is 0 Å². The molecule has 2 heterocycles. The minimum Gasteiger partial charge on any atom is -0.385 e. The predicted molar refractivity (Wildman–Crippen MR) is 139 cm³/mol. The SMILES string of the molecule is Cc1cc(F)ccc1C1(O)CCN(C(=O)c2ccc(NS(=O)(=O)c3cccc4cccnc34)cc2)CC1. The first kappa shape index (κ1) is 24.9. The zero-order valence-corrected chi connectivity index (χ0v) is 21.0. The maximum absolute atomic E-state index is 13.5. The molecule has 3 aromatic carbocycles. The average molecular weight is 520 g/mol. The van der Waals surface area contributed by atoms with Gasteiger partial charge in [-0.2, -0.15) is 0 Å². The van der Waals surface area contributed by atoms with Crippen molar-refractivity contribution in [3.8, 4) is 0 Å². The van der Waals surface area contributed by atoms with Crippen LogP contribution < -0.4 is 4.72 Å². The monoisotopic (exact) mass is 519 g/mol. The van der Waals surface area contributed by atoms with E-state index >= 15 is 0 Å². The molecule has 0 saturated carbocycles. The maximum Gasteiger partial charge on any atom is 0.264 e. The highest BCUT2D eigenvalue weighted by molar-refractivity contribution is 7.93. The normalized spacial score (nSPS) is 15.5. The lowest BCUT2D eigenvalue weighted by Crippen LogP contribution is -2.45. The number of carbonyl (C=O) groups excluding carboxylic acids is 1. The summed E-state index contributed by atoms with van der Waals surface area (Å²) in [6.07, 6.45) is 2.22. The molecule has 0 bridgehead atoms. The second-order valence-corrected chi connectivity index (χ2v) is 10.9. The number of carbonyl (C=O) groups is 1. The number of aliphatic hydroxyl groups is 1. The van der Waals surface area contributed by atoms with E-state index in [2.05, 4.69) is 9.71 Å². The number of para-hydroxylation sites is 1. The molecule has 0 atom stereocenters. The summed E-state index contributed by atoms with van der Waals surface area (Å²) in [5, 5.41) is 11.9. The standard InChI is InChI=1S/C28H26FN3O4S/c1-19-18-22(29)9-12-24(19)28(34)13-16-32(17-14-28)27(33)21-7-10-23(11-8-21)31-37(35,36)25-6-2-4-20-5-3-15-30-26(20)25/h2-12,15,18,31,34H,13-14,16-17H2,1H3. The van der Waals surface area contributed by atoms with E-state index in [4.69, 9.17) is 0 Å². The fraction of sp³-hybridized carbons (Fsp3) is 0.214. The van der Waals surface area contributed by atoms with E-state index in [1.54, 1.807) is 72.6 Å². The molecule has 1 aliphatic rings. The van der Waals surface area contributed by atoms with Crippen molar-refractivity contribution in [2.45, 2.75) is 30.3 Å². The van der Waals surface area contributed by atoms with Crippen molar-refractivity contribution in [2.24, 2.45) is 0 Å². The van der Waals surface area contributed by atoms with Gasteiger partial charge in [0.25, 0.3) is 15.9 Å². The van der Waals surface area contributed by atoms with Crippen molar-refractivity contribution in [3.05, 3.63) is 102 Å². The number of rotatable bonds is 5. The third-order valence-corrected chi connectivity index (χ3v) is 8.25. The number of pyridine rings is 1. The van der Waals surface area contributed by atoms with E-state index in [-0.39, 0.29) is 16.6 Å². The highest BCUT2D eigenvalue weighted by Crippen LogP contribution is 2.35. The van der Waals surface area contributed by atoms with Crippen LogP contribution in [0.4, 0.5) is 10.1 Å². The van der Waals surface area contributed by atoms with Gasteiger partial charge in [-0.05, 0) is 79.4 Å². The van der Waals surface area contributed by atoms with Gasteiger partial charge in [0.05, 0.1) is 11.1 Å². The maximum atomic E-state index is 13.5. The Morgan fingerprint density at radius 1 is 1.03 bits per heavy atom. The van der Waals surface area contributed by atoms with Gasteiger partial charge >= 0.3 is 0 Å². The molecule has 1 saturated heterocycles. The first-order valence-electron chi connectivity index (χ1n) is 11.9. The van der Waals surface area contributed by atoms with Gasteiger partial charge in [-0.3, -0.25) is 14.5 Å². The van der Waals surface area contributed by atoms with Gasteiger partial charge in [0.1, 0.15) is 10.7 Å². The summed E-state index contributed by atoms with van der Waals surface area (Å²) in [7, 11) is -3.90. The summed E-state index contributed by atoms with van der Waals surface area (Å²) >= 11 is 0. The molecular formula is C28H26FN3O4S. The van der Waals surface area contributed by atoms with E-state index in [9.17, 15) is 22.7 Å². The number of fused-ring (bicyclic) bond motifs is 1. The molecule has 37 heavy (non-hydrogen) atoms. The number of likely N-dealkylation sites (tertiary alicyclic amines) is 1. The molecule has 2 N–H and O–H groups in total. The van der Waals surface area contributed by atoms with Gasteiger partial charge in [-0.25, -0.2) is 12.8 Å². The first-order valence-corrected chi connectivity index (χ1v) is 13.4. The van der Waals surface area contributed by atoms with E-state index in [1.807, 2.05) is 0 Å². The summed E-state index contributed by atoms with van der Waals surface area (Å²) < 4.78 is 42.1. The summed E-state index contributed by atoms with van der Waals surface area (Å²) in [6.45, 7) is 2.45. The number of nitrogens with one attached hydrogen (secondary N) is 1. The lowest BCUT2D eigenvalue weighted by Gasteiger charge is -2.39. The Morgan fingerprint density at radius 2 is 1.73 bits per heavy atom. The minimum atomic E-state index is -3.90. The van der Waals surface area contributed by atoms with E-state index in [0.29, 0.717) is 59.2 Å². The van der Waals surface area contributed by atoms with Crippen LogP contribution in [0, 0.1) is 12.7 Å². The second kappa shape index (κ2) is 9.57. The number of sulfonamides is 1. The fourth-order valence-corrected chi connectivity index (χ4v) is 6.10. The van der Waals surface area contributed by atoms with Crippen LogP contribution in [0.5, 0.6) is 0 Å². The summed E-state index contributed by atoms with van der Waals surface area (Å²) in [5.41, 5.74) is 1.36. The first-order chi connectivity index (χ1) is 17.7. The zero-order valence-electron chi connectivity index (χ0n) is 20.2. The summed E-state index contributed by atoms with van der Waals surface area (Å²) in [4.78, 5) is 19.0. The molecule has 1 aromatic heterocycles. The number of aromatic nitrogens is 1. The van der Waals surface area contributed by atoms with Crippen molar-refractivity contribution in [1.29, 1.82) is 0 Å². The number of halogens is 1. The molecule has 0 spiro atoms. The van der Waals surface area contributed by atoms with Crippen molar-refractivity contribution < 1.29 is 22.7 Å². The van der Waals surface area contributed by atoms with E-state index in [0.717, 1.165) is 0 Å². The van der Waals surface area contributed by atoms with Gasteiger partial charge < -0.3 is 10.0 Å². The van der Waals surface area contributed by atoms with Crippen LogP contribution in [-0.4, -0.2) is 42.4 Å². The molecule has 1 fully saturated rings. The average Bonchev–Trinajstić information content (AvgIpc) is 2.88. The smallest absolute Gasteiger partial charge is 0.264 e. The van der Waals surface area contributed by atoms with Crippen molar-refractivity contribution in [3.63, 3.8) is 0 Å². The molecule has 190 valence electrons. The van der Waals surface area contributed by atoms with Crippen LogP contribution in [0.1, 0.15) is 34.3 Å². The number of benzene rings is 3. The Labute approximate surface area is 214 Å². The molecule has 9 heteroatoms. The van der Waals surface area contributed by atoms with Crippen LogP contribution in [0.3, 0.4) is 0 Å². The highest BCUT2D eigenvalue weighted by atomic mass is 32.2. The van der Waals surface area contributed by atoms with Crippen molar-refractivity contribution in [1.82, 2.24) is 9.88 Å². The Bertz CT molecular complexity index is 1580. The molecule has 4 aromatic rings. The molecular weight excluding hydrogens is 493 g/mol. The number of anilines is 1. The van der Waals surface area contributed by atoms with Gasteiger partial charge in [0.2, 0.25) is 0 Å². The number of hydrogen-bond donors (Lipinski definition) is 2. The van der Waals surface area contributed by atoms with Crippen LogP contribution in [0.25, 0.3) is 10.9 Å².